The van der Waals surface area contributed by atoms with E-state index in [4.69, 9.17) is 11.6 Å². The lowest BCUT2D eigenvalue weighted by molar-refractivity contribution is 0.703. The van der Waals surface area contributed by atoms with Crippen LogP contribution >= 0.6 is 22.9 Å². The van der Waals surface area contributed by atoms with E-state index < -0.39 is 0 Å². The van der Waals surface area contributed by atoms with Crippen molar-refractivity contribution in [2.75, 3.05) is 11.9 Å². The van der Waals surface area contributed by atoms with Gasteiger partial charge in [0.2, 0.25) is 0 Å². The van der Waals surface area contributed by atoms with Gasteiger partial charge in [-0.15, -0.1) is 11.3 Å². The number of anilines is 1. The fourth-order valence-electron chi connectivity index (χ4n) is 1.58. The fraction of sp³-hybridized carbons (Fsp3) is 0.364. The Bertz CT molecular complexity index is 622. The molecule has 2 heterocycles. The molecule has 18 heavy (non-hydrogen) atoms. The molecule has 0 amide bonds. The zero-order valence-electron chi connectivity index (χ0n) is 10.3. The van der Waals surface area contributed by atoms with Crippen LogP contribution in [0.2, 0.25) is 5.02 Å². The molecule has 0 aliphatic rings. The highest BCUT2D eigenvalue weighted by atomic mass is 35.5. The van der Waals surface area contributed by atoms with E-state index in [0.717, 1.165) is 10.7 Å². The maximum atomic E-state index is 11.7. The smallest absolute Gasteiger partial charge is 0.287 e. The van der Waals surface area contributed by atoms with Crippen LogP contribution in [0.4, 0.5) is 5.69 Å². The SMILES string of the molecule is Cc1nc(CN(C)c2cnn(C)c(=O)c2Cl)cs1. The minimum absolute atomic E-state index is 0.182. The van der Waals surface area contributed by atoms with E-state index >= 15 is 0 Å². The highest BCUT2D eigenvalue weighted by Crippen LogP contribution is 2.21. The molecular formula is C11H13ClN4OS. The third kappa shape index (κ3) is 2.54. The van der Waals surface area contributed by atoms with Crippen molar-refractivity contribution in [1.29, 1.82) is 0 Å². The lowest BCUT2D eigenvalue weighted by Crippen LogP contribution is -2.25. The van der Waals surface area contributed by atoms with E-state index in [2.05, 4.69) is 10.1 Å². The van der Waals surface area contributed by atoms with Gasteiger partial charge in [0.15, 0.2) is 0 Å². The van der Waals surface area contributed by atoms with Gasteiger partial charge in [0.05, 0.1) is 29.1 Å². The molecule has 0 atom stereocenters. The van der Waals surface area contributed by atoms with Gasteiger partial charge >= 0.3 is 0 Å². The summed E-state index contributed by atoms with van der Waals surface area (Å²) in [6.07, 6.45) is 1.59. The Morgan fingerprint density at radius 2 is 2.28 bits per heavy atom. The van der Waals surface area contributed by atoms with Crippen molar-refractivity contribution < 1.29 is 0 Å². The number of hydrogen-bond acceptors (Lipinski definition) is 5. The first-order valence-corrected chi connectivity index (χ1v) is 6.58. The normalized spacial score (nSPS) is 10.7. The van der Waals surface area contributed by atoms with Crippen LogP contribution in [-0.2, 0) is 13.6 Å². The van der Waals surface area contributed by atoms with E-state index in [1.807, 2.05) is 24.3 Å². The summed E-state index contributed by atoms with van der Waals surface area (Å²) in [5.74, 6) is 0. The summed E-state index contributed by atoms with van der Waals surface area (Å²) < 4.78 is 1.21. The van der Waals surface area contributed by atoms with E-state index in [1.165, 1.54) is 4.68 Å². The molecule has 0 saturated carbocycles. The Balaban J connectivity index is 2.26. The lowest BCUT2D eigenvalue weighted by atomic mass is 10.3. The molecule has 7 heteroatoms. The van der Waals surface area contributed by atoms with Gasteiger partial charge in [-0.1, -0.05) is 11.6 Å². The maximum Gasteiger partial charge on any atom is 0.287 e. The quantitative estimate of drug-likeness (QED) is 0.863. The summed E-state index contributed by atoms with van der Waals surface area (Å²) in [6, 6.07) is 0. The zero-order valence-corrected chi connectivity index (χ0v) is 11.9. The number of aromatic nitrogens is 3. The van der Waals surface area contributed by atoms with Crippen molar-refractivity contribution in [3.63, 3.8) is 0 Å². The van der Waals surface area contributed by atoms with Crippen LogP contribution in [0.1, 0.15) is 10.7 Å². The maximum absolute atomic E-state index is 11.7. The second-order valence-electron chi connectivity index (χ2n) is 3.99. The van der Waals surface area contributed by atoms with Crippen molar-refractivity contribution in [1.82, 2.24) is 14.8 Å². The van der Waals surface area contributed by atoms with Gasteiger partial charge in [-0.2, -0.15) is 5.10 Å². The molecule has 0 fully saturated rings. The van der Waals surface area contributed by atoms with Crippen LogP contribution in [0.5, 0.6) is 0 Å². The Morgan fingerprint density at radius 1 is 1.56 bits per heavy atom. The highest BCUT2D eigenvalue weighted by molar-refractivity contribution is 7.09. The van der Waals surface area contributed by atoms with Crippen LogP contribution in [-0.4, -0.2) is 21.8 Å². The number of halogens is 1. The van der Waals surface area contributed by atoms with Gasteiger partial charge in [-0.3, -0.25) is 4.79 Å². The molecule has 0 saturated heterocycles. The van der Waals surface area contributed by atoms with E-state index in [0.29, 0.717) is 12.2 Å². The zero-order chi connectivity index (χ0) is 13.3. The summed E-state index contributed by atoms with van der Waals surface area (Å²) in [5.41, 5.74) is 1.28. The molecule has 0 spiro atoms. The molecule has 0 radical (unpaired) electrons. The molecule has 0 N–H and O–H groups in total. The second kappa shape index (κ2) is 5.07. The van der Waals surface area contributed by atoms with Gasteiger partial charge in [-0.05, 0) is 6.92 Å². The first kappa shape index (κ1) is 13.0. The molecule has 2 aromatic heterocycles. The summed E-state index contributed by atoms with van der Waals surface area (Å²) >= 11 is 7.63. The minimum atomic E-state index is -0.296. The molecule has 2 rings (SSSR count). The number of thiazole rings is 1. The molecule has 0 bridgehead atoms. The molecule has 96 valence electrons. The first-order valence-electron chi connectivity index (χ1n) is 5.33. The predicted octanol–water partition coefficient (Wildman–Crippen LogP) is 1.84. The summed E-state index contributed by atoms with van der Waals surface area (Å²) in [4.78, 5) is 17.9. The Kier molecular flexibility index (Phi) is 3.68. The van der Waals surface area contributed by atoms with Gasteiger partial charge in [-0.25, -0.2) is 9.67 Å². The van der Waals surface area contributed by atoms with Crippen molar-refractivity contribution in [3.05, 3.63) is 37.7 Å². The van der Waals surface area contributed by atoms with E-state index in [1.54, 1.807) is 24.6 Å². The molecule has 0 aliphatic carbocycles. The number of aryl methyl sites for hydroxylation is 2. The second-order valence-corrected chi connectivity index (χ2v) is 5.43. The monoisotopic (exact) mass is 284 g/mol. The van der Waals surface area contributed by atoms with Gasteiger partial charge in [0.1, 0.15) is 5.02 Å². The van der Waals surface area contributed by atoms with Crippen LogP contribution < -0.4 is 10.5 Å². The number of rotatable bonds is 3. The number of hydrogen-bond donors (Lipinski definition) is 0. The fourth-order valence-corrected chi connectivity index (χ4v) is 2.50. The van der Waals surface area contributed by atoms with Gasteiger partial charge < -0.3 is 4.90 Å². The molecule has 0 aliphatic heterocycles. The van der Waals surface area contributed by atoms with Crippen LogP contribution in [0.25, 0.3) is 0 Å². The highest BCUT2D eigenvalue weighted by Gasteiger charge is 2.12. The molecule has 2 aromatic rings. The summed E-state index contributed by atoms with van der Waals surface area (Å²) in [6.45, 7) is 2.56. The van der Waals surface area contributed by atoms with Crippen LogP contribution in [0.3, 0.4) is 0 Å². The molecule has 0 unspecified atom stereocenters. The van der Waals surface area contributed by atoms with Crippen molar-refractivity contribution in [2.45, 2.75) is 13.5 Å². The first-order chi connectivity index (χ1) is 8.49. The van der Waals surface area contributed by atoms with Gasteiger partial charge in [0.25, 0.3) is 5.56 Å². The lowest BCUT2D eigenvalue weighted by Gasteiger charge is -2.18. The number of nitrogens with zero attached hydrogens (tertiary/aromatic N) is 4. The molecular weight excluding hydrogens is 272 g/mol. The summed E-state index contributed by atoms with van der Waals surface area (Å²) in [7, 11) is 3.43. The van der Waals surface area contributed by atoms with E-state index in [9.17, 15) is 4.79 Å². The van der Waals surface area contributed by atoms with Crippen LogP contribution in [0, 0.1) is 6.92 Å². The minimum Gasteiger partial charge on any atom is -0.366 e. The van der Waals surface area contributed by atoms with Gasteiger partial charge in [0, 0.05) is 19.5 Å². The summed E-state index contributed by atoms with van der Waals surface area (Å²) in [5, 5.41) is 7.16. The van der Waals surface area contributed by atoms with Crippen molar-refractivity contribution in [3.8, 4) is 0 Å². The van der Waals surface area contributed by atoms with Crippen molar-refractivity contribution >= 4 is 28.6 Å². The average Bonchev–Trinajstić information content (AvgIpc) is 2.71. The van der Waals surface area contributed by atoms with E-state index in [-0.39, 0.29) is 10.6 Å². The van der Waals surface area contributed by atoms with Crippen LogP contribution in [0.15, 0.2) is 16.4 Å². The Morgan fingerprint density at radius 3 is 2.89 bits per heavy atom. The largest absolute Gasteiger partial charge is 0.366 e. The standard InChI is InChI=1S/C11H13ClN4OS/c1-7-14-8(6-18-7)5-15(2)9-4-13-16(3)11(17)10(9)12/h4,6H,5H2,1-3H3. The molecule has 5 nitrogen and oxygen atoms in total. The molecule has 0 aromatic carbocycles. The third-order valence-electron chi connectivity index (χ3n) is 2.54. The van der Waals surface area contributed by atoms with Crippen molar-refractivity contribution in [2.24, 2.45) is 7.05 Å². The Hall–Kier alpha value is -1.40. The third-order valence-corrected chi connectivity index (χ3v) is 3.71. The topological polar surface area (TPSA) is 51.0 Å². The average molecular weight is 285 g/mol. The predicted molar refractivity (Wildman–Crippen MR) is 73.4 cm³/mol. The Labute approximate surface area is 114 Å².